The Morgan fingerprint density at radius 2 is 1.60 bits per heavy atom. The van der Waals surface area contributed by atoms with Crippen LogP contribution < -0.4 is 9.80 Å². The number of nitrogens with zero attached hydrogens (tertiary/aromatic N) is 4. The van der Waals surface area contributed by atoms with Crippen LogP contribution in [-0.4, -0.2) is 61.6 Å². The van der Waals surface area contributed by atoms with Crippen LogP contribution >= 0.6 is 24.0 Å². The van der Waals surface area contributed by atoms with Gasteiger partial charge in [-0.3, -0.25) is 9.69 Å². The first kappa shape index (κ1) is 22.8. The molecule has 1 amide bonds. The molecule has 1 fully saturated rings. The molecule has 0 saturated carbocycles. The predicted molar refractivity (Wildman–Crippen MR) is 127 cm³/mol. The van der Waals surface area contributed by atoms with Crippen molar-refractivity contribution in [2.75, 3.05) is 43.5 Å². The molecule has 2 aliphatic rings. The minimum absolute atomic E-state index is 0.0784. The maximum atomic E-state index is 12.6. The highest BCUT2D eigenvalue weighted by Crippen LogP contribution is 2.43. The van der Waals surface area contributed by atoms with E-state index in [2.05, 4.69) is 9.80 Å². The van der Waals surface area contributed by atoms with E-state index in [4.69, 9.17) is 12.2 Å². The van der Waals surface area contributed by atoms with Crippen molar-refractivity contribution in [2.24, 2.45) is 0 Å². The zero-order valence-electron chi connectivity index (χ0n) is 17.7. The highest BCUT2D eigenvalue weighted by molar-refractivity contribution is 8.26. The van der Waals surface area contributed by atoms with Gasteiger partial charge in [-0.1, -0.05) is 24.0 Å². The Hall–Kier alpha value is -1.88. The van der Waals surface area contributed by atoms with Crippen molar-refractivity contribution in [1.82, 2.24) is 9.21 Å². The molecule has 0 N–H and O–H groups in total. The highest BCUT2D eigenvalue weighted by Gasteiger charge is 2.33. The molecule has 1 saturated heterocycles. The normalized spacial score (nSPS) is 19.7. The number of amides is 1. The number of allylic oxidation sites excluding steroid dienone is 2. The highest BCUT2D eigenvalue weighted by atomic mass is 32.2. The summed E-state index contributed by atoms with van der Waals surface area (Å²) in [6.45, 7) is 7.87. The molecule has 2 heterocycles. The molecule has 3 rings (SSSR count). The van der Waals surface area contributed by atoms with E-state index in [1.165, 1.54) is 30.2 Å². The van der Waals surface area contributed by atoms with Gasteiger partial charge in [0, 0.05) is 33.7 Å². The van der Waals surface area contributed by atoms with Crippen LogP contribution in [0.5, 0.6) is 0 Å². The minimum atomic E-state index is -3.53. The molecule has 0 spiro atoms. The molecule has 0 atom stereocenters. The number of thiocarbonyl (C=S) groups is 1. The van der Waals surface area contributed by atoms with Crippen LogP contribution in [0.15, 0.2) is 46.0 Å². The van der Waals surface area contributed by atoms with E-state index in [1.807, 2.05) is 32.9 Å². The Morgan fingerprint density at radius 3 is 2.13 bits per heavy atom. The van der Waals surface area contributed by atoms with Crippen molar-refractivity contribution >= 4 is 55.6 Å². The van der Waals surface area contributed by atoms with Gasteiger partial charge in [0.15, 0.2) is 0 Å². The lowest BCUT2D eigenvalue weighted by Gasteiger charge is -2.23. The summed E-state index contributed by atoms with van der Waals surface area (Å²) >= 11 is 6.59. The van der Waals surface area contributed by atoms with Gasteiger partial charge in [0.25, 0.3) is 5.91 Å². The standard InChI is InChI=1S/C20H26N4O3S3/c1-6-22-15-10-9-14(30(26,27)21(4)5)13-16(15)23(7-2)18(22)12-11-17-19(25)24(8-3)20(28)29-17/h9-13H,6-8H2,1-5H3/b17-11-,18-12-. The summed E-state index contributed by atoms with van der Waals surface area (Å²) in [6.07, 6.45) is 3.72. The first-order valence-corrected chi connectivity index (χ1v) is 12.4. The molecule has 10 heteroatoms. The van der Waals surface area contributed by atoms with Crippen LogP contribution in [0.3, 0.4) is 0 Å². The van der Waals surface area contributed by atoms with E-state index in [1.54, 1.807) is 23.1 Å². The van der Waals surface area contributed by atoms with Gasteiger partial charge >= 0.3 is 0 Å². The number of hydrogen-bond donors (Lipinski definition) is 0. The number of benzene rings is 1. The van der Waals surface area contributed by atoms with Gasteiger partial charge in [-0.15, -0.1) is 0 Å². The summed E-state index contributed by atoms with van der Waals surface area (Å²) in [7, 11) is -0.483. The van der Waals surface area contributed by atoms with E-state index >= 15 is 0 Å². The molecular weight excluding hydrogens is 440 g/mol. The molecule has 30 heavy (non-hydrogen) atoms. The second-order valence-electron chi connectivity index (χ2n) is 6.90. The van der Waals surface area contributed by atoms with Crippen molar-refractivity contribution in [2.45, 2.75) is 25.7 Å². The number of anilines is 2. The van der Waals surface area contributed by atoms with Crippen molar-refractivity contribution in [3.63, 3.8) is 0 Å². The third kappa shape index (κ3) is 3.77. The fourth-order valence-electron chi connectivity index (χ4n) is 3.49. The van der Waals surface area contributed by atoms with Gasteiger partial charge in [0.05, 0.1) is 21.2 Å². The first-order valence-electron chi connectivity index (χ1n) is 9.74. The van der Waals surface area contributed by atoms with Crippen molar-refractivity contribution in [1.29, 1.82) is 0 Å². The van der Waals surface area contributed by atoms with E-state index < -0.39 is 10.0 Å². The third-order valence-electron chi connectivity index (χ3n) is 5.07. The van der Waals surface area contributed by atoms with Gasteiger partial charge < -0.3 is 9.80 Å². The number of rotatable bonds is 6. The Bertz CT molecular complexity index is 1050. The molecule has 162 valence electrons. The lowest BCUT2D eigenvalue weighted by Crippen LogP contribution is -2.28. The number of carbonyl (C=O) groups excluding carboxylic acids is 1. The fourth-order valence-corrected chi connectivity index (χ4v) is 5.74. The quantitative estimate of drug-likeness (QED) is 0.471. The van der Waals surface area contributed by atoms with Crippen LogP contribution in [0.2, 0.25) is 0 Å². The molecule has 0 radical (unpaired) electrons. The van der Waals surface area contributed by atoms with Crippen LogP contribution in [0.25, 0.3) is 0 Å². The Balaban J connectivity index is 2.04. The average Bonchev–Trinajstić information content (AvgIpc) is 3.17. The maximum absolute atomic E-state index is 12.6. The first-order chi connectivity index (χ1) is 14.2. The SMILES string of the molecule is CCN1C(=O)/C(=C/C=C2/N(CC)c3ccc(S(=O)(=O)N(C)C)cc3N2CC)SC1=S. The van der Waals surface area contributed by atoms with Crippen LogP contribution in [0, 0.1) is 0 Å². The summed E-state index contributed by atoms with van der Waals surface area (Å²) in [4.78, 5) is 19.1. The van der Waals surface area contributed by atoms with Crippen molar-refractivity contribution in [3.8, 4) is 0 Å². The summed E-state index contributed by atoms with van der Waals surface area (Å²) in [5.74, 6) is 0.821. The van der Waals surface area contributed by atoms with Gasteiger partial charge in [-0.2, -0.15) is 0 Å². The van der Waals surface area contributed by atoms with Gasteiger partial charge in [-0.25, -0.2) is 12.7 Å². The van der Waals surface area contributed by atoms with E-state index in [0.29, 0.717) is 28.9 Å². The van der Waals surface area contributed by atoms with Gasteiger partial charge in [-0.05, 0) is 51.1 Å². The number of sulfonamides is 1. The van der Waals surface area contributed by atoms with E-state index in [0.717, 1.165) is 17.2 Å². The number of thioether (sulfide) groups is 1. The predicted octanol–water partition coefficient (Wildman–Crippen LogP) is 3.21. The van der Waals surface area contributed by atoms with Crippen molar-refractivity contribution in [3.05, 3.63) is 41.1 Å². The molecule has 1 aromatic rings. The summed E-state index contributed by atoms with van der Waals surface area (Å²) < 4.78 is 27.0. The fraction of sp³-hybridized carbons (Fsp3) is 0.400. The molecule has 0 unspecified atom stereocenters. The lowest BCUT2D eigenvalue weighted by molar-refractivity contribution is -0.122. The molecule has 2 aliphatic heterocycles. The zero-order chi connectivity index (χ0) is 22.2. The molecule has 0 aliphatic carbocycles. The number of likely N-dealkylation sites (N-methyl/N-ethyl adjacent to an activating group) is 1. The summed E-state index contributed by atoms with van der Waals surface area (Å²) in [6, 6.07) is 5.20. The summed E-state index contributed by atoms with van der Waals surface area (Å²) in [5.41, 5.74) is 1.78. The molecule has 1 aromatic carbocycles. The maximum Gasteiger partial charge on any atom is 0.266 e. The van der Waals surface area contributed by atoms with Crippen molar-refractivity contribution < 1.29 is 13.2 Å². The average molecular weight is 467 g/mol. The number of carbonyl (C=O) groups is 1. The molecule has 7 nitrogen and oxygen atoms in total. The minimum Gasteiger partial charge on any atom is -0.326 e. The molecule has 0 aromatic heterocycles. The largest absolute Gasteiger partial charge is 0.326 e. The van der Waals surface area contributed by atoms with Gasteiger partial charge in [0.1, 0.15) is 10.1 Å². The number of fused-ring (bicyclic) bond motifs is 1. The second kappa shape index (κ2) is 8.70. The number of hydrogen-bond acceptors (Lipinski definition) is 7. The zero-order valence-corrected chi connectivity index (χ0v) is 20.2. The summed E-state index contributed by atoms with van der Waals surface area (Å²) in [5, 5.41) is 0. The lowest BCUT2D eigenvalue weighted by atomic mass is 10.2. The monoisotopic (exact) mass is 466 g/mol. The topological polar surface area (TPSA) is 64.2 Å². The van der Waals surface area contributed by atoms with E-state index in [-0.39, 0.29) is 10.8 Å². The Morgan fingerprint density at radius 1 is 1.00 bits per heavy atom. The van der Waals surface area contributed by atoms with E-state index in [9.17, 15) is 13.2 Å². The van der Waals surface area contributed by atoms with Crippen LogP contribution in [0.1, 0.15) is 20.8 Å². The van der Waals surface area contributed by atoms with Crippen LogP contribution in [0.4, 0.5) is 11.4 Å². The Kier molecular flexibility index (Phi) is 6.61. The molecule has 0 bridgehead atoms. The third-order valence-corrected chi connectivity index (χ3v) is 8.27. The van der Waals surface area contributed by atoms with Crippen LogP contribution in [-0.2, 0) is 14.8 Å². The smallest absolute Gasteiger partial charge is 0.266 e. The molecular formula is C20H26N4O3S3. The second-order valence-corrected chi connectivity index (χ2v) is 10.7. The Labute approximate surface area is 188 Å². The van der Waals surface area contributed by atoms with Gasteiger partial charge in [0.2, 0.25) is 10.0 Å².